The molecule has 1 N–H and O–H groups in total. The van der Waals surface area contributed by atoms with Gasteiger partial charge in [-0.25, -0.2) is 9.37 Å². The molecule has 6 nitrogen and oxygen atoms in total. The molecule has 2 aromatic rings. The lowest BCUT2D eigenvalue weighted by Gasteiger charge is -2.27. The van der Waals surface area contributed by atoms with Crippen LogP contribution in [-0.4, -0.2) is 16.5 Å². The SMILES string of the molecule is O=[N+]([O-])c1cccnc1N[C@H]1CCOc2c(F)cccc21. The Morgan fingerprint density at radius 3 is 3.05 bits per heavy atom. The van der Waals surface area contributed by atoms with Gasteiger partial charge in [-0.05, 0) is 12.1 Å². The van der Waals surface area contributed by atoms with E-state index >= 15 is 0 Å². The zero-order valence-corrected chi connectivity index (χ0v) is 11.0. The molecule has 0 saturated carbocycles. The molecular weight excluding hydrogens is 277 g/mol. The number of halogens is 1. The van der Waals surface area contributed by atoms with Gasteiger partial charge in [0, 0.05) is 24.2 Å². The standard InChI is InChI=1S/C14H12FN3O3/c15-10-4-1-3-9-11(6-8-21-13(9)10)17-14-12(18(19)20)5-2-7-16-14/h1-5,7,11H,6,8H2,(H,16,17)/t11-/m0/s1. The highest BCUT2D eigenvalue weighted by Gasteiger charge is 2.26. The Morgan fingerprint density at radius 1 is 1.38 bits per heavy atom. The molecule has 21 heavy (non-hydrogen) atoms. The smallest absolute Gasteiger partial charge is 0.311 e. The van der Waals surface area contributed by atoms with Crippen LogP contribution in [0.15, 0.2) is 36.5 Å². The molecule has 0 saturated heterocycles. The highest BCUT2D eigenvalue weighted by molar-refractivity contribution is 5.57. The molecule has 2 heterocycles. The maximum atomic E-state index is 13.7. The summed E-state index contributed by atoms with van der Waals surface area (Å²) in [5, 5.41) is 14.0. The maximum absolute atomic E-state index is 13.7. The average Bonchev–Trinajstić information content (AvgIpc) is 2.49. The molecule has 108 valence electrons. The van der Waals surface area contributed by atoms with Gasteiger partial charge in [0.2, 0.25) is 5.82 Å². The minimum absolute atomic E-state index is 0.109. The zero-order chi connectivity index (χ0) is 14.8. The van der Waals surface area contributed by atoms with Crippen LogP contribution in [0.1, 0.15) is 18.0 Å². The zero-order valence-electron chi connectivity index (χ0n) is 11.0. The number of hydrogen-bond donors (Lipinski definition) is 1. The summed E-state index contributed by atoms with van der Waals surface area (Å²) in [6.07, 6.45) is 2.05. The van der Waals surface area contributed by atoms with Crippen LogP contribution in [0.5, 0.6) is 5.75 Å². The average molecular weight is 289 g/mol. The first-order valence-electron chi connectivity index (χ1n) is 6.44. The topological polar surface area (TPSA) is 77.3 Å². The number of nitrogens with zero attached hydrogens (tertiary/aromatic N) is 2. The summed E-state index contributed by atoms with van der Waals surface area (Å²) in [6, 6.07) is 7.25. The minimum atomic E-state index is -0.499. The Kier molecular flexibility index (Phi) is 3.39. The van der Waals surface area contributed by atoms with Gasteiger partial charge in [-0.15, -0.1) is 0 Å². The number of hydrogen-bond acceptors (Lipinski definition) is 5. The van der Waals surface area contributed by atoms with Crippen LogP contribution in [0.2, 0.25) is 0 Å². The van der Waals surface area contributed by atoms with Crippen molar-refractivity contribution in [2.24, 2.45) is 0 Å². The maximum Gasteiger partial charge on any atom is 0.311 e. The number of nitro groups is 1. The van der Waals surface area contributed by atoms with E-state index in [4.69, 9.17) is 4.74 Å². The second kappa shape index (κ2) is 5.35. The molecule has 1 aromatic carbocycles. The number of rotatable bonds is 3. The van der Waals surface area contributed by atoms with Crippen LogP contribution in [0.3, 0.4) is 0 Å². The summed E-state index contributed by atoms with van der Waals surface area (Å²) >= 11 is 0. The van der Waals surface area contributed by atoms with Gasteiger partial charge in [0.05, 0.1) is 17.6 Å². The Labute approximate surface area is 119 Å². The van der Waals surface area contributed by atoms with E-state index in [1.807, 2.05) is 0 Å². The van der Waals surface area contributed by atoms with Crippen molar-refractivity contribution in [3.05, 3.63) is 58.0 Å². The lowest BCUT2D eigenvalue weighted by Crippen LogP contribution is -2.22. The Bertz CT molecular complexity index is 693. The van der Waals surface area contributed by atoms with Gasteiger partial charge in [-0.1, -0.05) is 12.1 Å². The van der Waals surface area contributed by atoms with Crippen LogP contribution in [0.4, 0.5) is 15.9 Å². The second-order valence-electron chi connectivity index (χ2n) is 4.62. The first-order chi connectivity index (χ1) is 10.2. The third kappa shape index (κ3) is 2.49. The van der Waals surface area contributed by atoms with E-state index in [-0.39, 0.29) is 23.3 Å². The van der Waals surface area contributed by atoms with Crippen molar-refractivity contribution >= 4 is 11.5 Å². The summed E-state index contributed by atoms with van der Waals surface area (Å²) in [7, 11) is 0. The molecule has 1 aliphatic heterocycles. The van der Waals surface area contributed by atoms with E-state index in [1.165, 1.54) is 24.4 Å². The van der Waals surface area contributed by atoms with Gasteiger partial charge in [0.25, 0.3) is 0 Å². The molecule has 0 aliphatic carbocycles. The van der Waals surface area contributed by atoms with Crippen molar-refractivity contribution in [2.75, 3.05) is 11.9 Å². The largest absolute Gasteiger partial charge is 0.490 e. The van der Waals surface area contributed by atoms with Gasteiger partial charge in [0.15, 0.2) is 11.6 Å². The fourth-order valence-electron chi connectivity index (χ4n) is 2.36. The van der Waals surface area contributed by atoms with Crippen molar-refractivity contribution < 1.29 is 14.1 Å². The summed E-state index contributed by atoms with van der Waals surface area (Å²) < 4.78 is 19.0. The van der Waals surface area contributed by atoms with Gasteiger partial charge in [-0.3, -0.25) is 10.1 Å². The fraction of sp³-hybridized carbons (Fsp3) is 0.214. The van der Waals surface area contributed by atoms with Gasteiger partial charge >= 0.3 is 5.69 Å². The number of pyridine rings is 1. The molecule has 0 amide bonds. The molecule has 0 spiro atoms. The third-order valence-electron chi connectivity index (χ3n) is 3.32. The molecule has 7 heteroatoms. The third-order valence-corrected chi connectivity index (χ3v) is 3.32. The Morgan fingerprint density at radius 2 is 2.24 bits per heavy atom. The molecular formula is C14H12FN3O3. The van der Waals surface area contributed by atoms with Crippen LogP contribution < -0.4 is 10.1 Å². The van der Waals surface area contributed by atoms with E-state index in [2.05, 4.69) is 10.3 Å². The summed E-state index contributed by atoms with van der Waals surface area (Å²) in [5.74, 6) is -0.0704. The molecule has 0 unspecified atom stereocenters. The van der Waals surface area contributed by atoms with Gasteiger partial charge in [-0.2, -0.15) is 0 Å². The van der Waals surface area contributed by atoms with Crippen molar-refractivity contribution in [2.45, 2.75) is 12.5 Å². The van der Waals surface area contributed by atoms with Crippen LogP contribution >= 0.6 is 0 Å². The number of ether oxygens (including phenoxy) is 1. The molecule has 0 bridgehead atoms. The normalized spacial score (nSPS) is 16.7. The number of benzene rings is 1. The summed E-state index contributed by atoms with van der Waals surface area (Å²) in [5.41, 5.74) is 0.531. The van der Waals surface area contributed by atoms with Crippen LogP contribution in [-0.2, 0) is 0 Å². The van der Waals surface area contributed by atoms with E-state index < -0.39 is 10.7 Å². The number of fused-ring (bicyclic) bond motifs is 1. The number of para-hydroxylation sites is 1. The highest BCUT2D eigenvalue weighted by Crippen LogP contribution is 2.37. The van der Waals surface area contributed by atoms with E-state index in [9.17, 15) is 14.5 Å². The molecule has 3 rings (SSSR count). The monoisotopic (exact) mass is 289 g/mol. The van der Waals surface area contributed by atoms with Gasteiger partial charge < -0.3 is 10.1 Å². The summed E-state index contributed by atoms with van der Waals surface area (Å²) in [4.78, 5) is 14.5. The number of aromatic nitrogens is 1. The van der Waals surface area contributed by atoms with Gasteiger partial charge in [0.1, 0.15) is 0 Å². The van der Waals surface area contributed by atoms with Crippen molar-refractivity contribution in [3.8, 4) is 5.75 Å². The first-order valence-corrected chi connectivity index (χ1v) is 6.44. The van der Waals surface area contributed by atoms with E-state index in [1.54, 1.807) is 12.1 Å². The fourth-order valence-corrected chi connectivity index (χ4v) is 2.36. The Balaban J connectivity index is 1.95. The lowest BCUT2D eigenvalue weighted by molar-refractivity contribution is -0.384. The van der Waals surface area contributed by atoms with Crippen LogP contribution in [0, 0.1) is 15.9 Å². The minimum Gasteiger partial charge on any atom is -0.490 e. The predicted octanol–water partition coefficient (Wildman–Crippen LogP) is 3.06. The summed E-state index contributed by atoms with van der Waals surface area (Å²) in [6.45, 7) is 0.340. The predicted molar refractivity (Wildman–Crippen MR) is 73.8 cm³/mol. The molecule has 1 atom stereocenters. The highest BCUT2D eigenvalue weighted by atomic mass is 19.1. The molecule has 1 aliphatic rings. The number of anilines is 1. The lowest BCUT2D eigenvalue weighted by atomic mass is 10.0. The quantitative estimate of drug-likeness (QED) is 0.694. The molecule has 0 fully saturated rings. The first kappa shape index (κ1) is 13.3. The molecule has 0 radical (unpaired) electrons. The van der Waals surface area contributed by atoms with E-state index in [0.29, 0.717) is 18.6 Å². The van der Waals surface area contributed by atoms with Crippen molar-refractivity contribution in [1.29, 1.82) is 0 Å². The second-order valence-corrected chi connectivity index (χ2v) is 4.62. The van der Waals surface area contributed by atoms with Crippen molar-refractivity contribution in [1.82, 2.24) is 4.98 Å². The molecule has 1 aromatic heterocycles. The van der Waals surface area contributed by atoms with E-state index in [0.717, 1.165) is 0 Å². The van der Waals surface area contributed by atoms with Crippen LogP contribution in [0.25, 0.3) is 0 Å². The Hall–Kier alpha value is -2.70. The van der Waals surface area contributed by atoms with Crippen molar-refractivity contribution in [3.63, 3.8) is 0 Å². The number of nitrogens with one attached hydrogen (secondary N) is 1.